The first kappa shape index (κ1) is 24.5. The van der Waals surface area contributed by atoms with Gasteiger partial charge in [-0.15, -0.1) is 10.2 Å². The number of benzene rings is 3. The number of hydrogen-bond donors (Lipinski definition) is 1. The summed E-state index contributed by atoms with van der Waals surface area (Å²) < 4.78 is 40.4. The van der Waals surface area contributed by atoms with Gasteiger partial charge in [-0.1, -0.05) is 59.8 Å². The Morgan fingerprint density at radius 3 is 2.26 bits per heavy atom. The van der Waals surface area contributed by atoms with Crippen molar-refractivity contribution in [3.63, 3.8) is 0 Å². The van der Waals surface area contributed by atoms with E-state index >= 15 is 0 Å². The van der Waals surface area contributed by atoms with E-state index in [1.807, 2.05) is 66.1 Å². The van der Waals surface area contributed by atoms with Gasteiger partial charge in [-0.3, -0.25) is 9.36 Å². The molecule has 9 heteroatoms. The van der Waals surface area contributed by atoms with Crippen LogP contribution in [0.2, 0.25) is 0 Å². The molecule has 1 atom stereocenters. The van der Waals surface area contributed by atoms with Gasteiger partial charge in [0.15, 0.2) is 11.0 Å². The third-order valence-corrected chi connectivity index (χ3v) is 6.37. The van der Waals surface area contributed by atoms with Crippen molar-refractivity contribution in [2.24, 2.45) is 0 Å². The number of rotatable bonds is 7. The van der Waals surface area contributed by atoms with Crippen LogP contribution in [-0.4, -0.2) is 20.7 Å². The second-order valence-electron chi connectivity index (χ2n) is 8.06. The number of aromatic nitrogens is 3. The molecule has 0 spiro atoms. The molecule has 1 heterocycles. The summed E-state index contributed by atoms with van der Waals surface area (Å²) in [5.41, 5.74) is 2.42. The van der Waals surface area contributed by atoms with Crippen molar-refractivity contribution in [1.82, 2.24) is 20.1 Å². The first-order valence-electron chi connectivity index (χ1n) is 10.9. The van der Waals surface area contributed by atoms with Crippen LogP contribution in [0.3, 0.4) is 0 Å². The average Bonchev–Trinajstić information content (AvgIpc) is 3.27. The number of carbonyl (C=O) groups excluding carboxylic acids is 1. The Balaban J connectivity index is 1.58. The summed E-state index contributed by atoms with van der Waals surface area (Å²) in [5.74, 6) is 0.713. The number of nitrogens with zero attached hydrogens (tertiary/aromatic N) is 3. The highest BCUT2D eigenvalue weighted by Gasteiger charge is 2.30. The van der Waals surface area contributed by atoms with E-state index < -0.39 is 23.7 Å². The smallest absolute Gasteiger partial charge is 0.342 e. The van der Waals surface area contributed by atoms with Crippen LogP contribution in [0.25, 0.3) is 5.69 Å². The predicted molar refractivity (Wildman–Crippen MR) is 129 cm³/mol. The van der Waals surface area contributed by atoms with Crippen LogP contribution >= 0.6 is 11.8 Å². The predicted octanol–water partition coefficient (Wildman–Crippen LogP) is 6.38. The van der Waals surface area contributed by atoms with Crippen LogP contribution in [-0.2, 0) is 11.9 Å². The fourth-order valence-electron chi connectivity index (χ4n) is 3.47. The number of aryl methyl sites for hydroxylation is 1. The maximum atomic E-state index is 12.8. The van der Waals surface area contributed by atoms with E-state index in [0.29, 0.717) is 16.7 Å². The summed E-state index contributed by atoms with van der Waals surface area (Å²) in [6.45, 7) is 3.76. The molecule has 0 aliphatic carbocycles. The molecular formula is C26H23F3N4OS. The molecule has 0 saturated carbocycles. The summed E-state index contributed by atoms with van der Waals surface area (Å²) >= 11 is 1.53. The first-order chi connectivity index (χ1) is 16.7. The Labute approximate surface area is 205 Å². The van der Waals surface area contributed by atoms with Gasteiger partial charge < -0.3 is 5.32 Å². The van der Waals surface area contributed by atoms with E-state index in [0.717, 1.165) is 41.1 Å². The highest BCUT2D eigenvalue weighted by atomic mass is 32.2. The fraction of sp³-hybridized carbons (Fsp3) is 0.192. The molecule has 0 aliphatic rings. The molecule has 4 aromatic rings. The molecule has 4 rings (SSSR count). The number of thioether (sulfide) groups is 1. The minimum Gasteiger partial charge on any atom is -0.342 e. The zero-order valence-corrected chi connectivity index (χ0v) is 19.9. The van der Waals surface area contributed by atoms with Gasteiger partial charge in [-0.2, -0.15) is 13.2 Å². The second-order valence-corrected chi connectivity index (χ2v) is 9.00. The molecule has 0 bridgehead atoms. The van der Waals surface area contributed by atoms with Crippen molar-refractivity contribution in [1.29, 1.82) is 0 Å². The highest BCUT2D eigenvalue weighted by Crippen LogP contribution is 2.30. The minimum atomic E-state index is -4.46. The third-order valence-electron chi connectivity index (χ3n) is 5.37. The van der Waals surface area contributed by atoms with Crippen LogP contribution in [0.15, 0.2) is 84.0 Å². The molecule has 0 radical (unpaired) electrons. The van der Waals surface area contributed by atoms with Gasteiger partial charge >= 0.3 is 6.18 Å². The largest absolute Gasteiger partial charge is 0.416 e. The number of alkyl halides is 3. The number of carbonyl (C=O) groups is 1. The molecule has 3 aromatic carbocycles. The van der Waals surface area contributed by atoms with E-state index in [1.165, 1.54) is 11.8 Å². The standard InChI is InChI=1S/C26H23F3N4OS/c1-17-8-14-22(15-9-17)33-23(31-32-25(33)35-16-19-6-4-3-5-7-19)18(2)30-24(34)20-10-12-21(13-11-20)26(27,28)29/h3-15,18H,16H2,1-2H3,(H,30,34). The lowest BCUT2D eigenvalue weighted by molar-refractivity contribution is -0.137. The van der Waals surface area contributed by atoms with Gasteiger partial charge in [-0.25, -0.2) is 0 Å². The Hall–Kier alpha value is -3.59. The lowest BCUT2D eigenvalue weighted by Crippen LogP contribution is -2.28. The number of nitrogens with one attached hydrogen (secondary N) is 1. The van der Waals surface area contributed by atoms with E-state index in [9.17, 15) is 18.0 Å². The Morgan fingerprint density at radius 1 is 0.971 bits per heavy atom. The highest BCUT2D eigenvalue weighted by molar-refractivity contribution is 7.98. The lowest BCUT2D eigenvalue weighted by atomic mass is 10.1. The molecule has 1 N–H and O–H groups in total. The van der Waals surface area contributed by atoms with Gasteiger partial charge in [0.05, 0.1) is 11.6 Å². The van der Waals surface area contributed by atoms with Crippen LogP contribution in [0.5, 0.6) is 0 Å². The van der Waals surface area contributed by atoms with Crippen molar-refractivity contribution in [2.75, 3.05) is 0 Å². The zero-order chi connectivity index (χ0) is 25.0. The average molecular weight is 497 g/mol. The van der Waals surface area contributed by atoms with Crippen LogP contribution < -0.4 is 5.32 Å². The summed E-state index contributed by atoms with van der Waals surface area (Å²) in [5, 5.41) is 12.2. The van der Waals surface area contributed by atoms with Crippen LogP contribution in [0.4, 0.5) is 13.2 Å². The third kappa shape index (κ3) is 5.92. The van der Waals surface area contributed by atoms with Gasteiger partial charge in [-0.05, 0) is 55.8 Å². The number of halogens is 3. The van der Waals surface area contributed by atoms with Gasteiger partial charge in [0.2, 0.25) is 0 Å². The molecule has 1 amide bonds. The minimum absolute atomic E-state index is 0.130. The molecule has 180 valence electrons. The van der Waals surface area contributed by atoms with E-state index in [2.05, 4.69) is 15.5 Å². The van der Waals surface area contributed by atoms with Crippen molar-refractivity contribution < 1.29 is 18.0 Å². The monoisotopic (exact) mass is 496 g/mol. The fourth-order valence-corrected chi connectivity index (χ4v) is 4.38. The van der Waals surface area contributed by atoms with Crippen molar-refractivity contribution in [3.8, 4) is 5.69 Å². The van der Waals surface area contributed by atoms with Crippen LogP contribution in [0, 0.1) is 6.92 Å². The molecule has 35 heavy (non-hydrogen) atoms. The van der Waals surface area contributed by atoms with Gasteiger partial charge in [0.25, 0.3) is 5.91 Å². The summed E-state index contributed by atoms with van der Waals surface area (Å²) in [7, 11) is 0. The summed E-state index contributed by atoms with van der Waals surface area (Å²) in [6.07, 6.45) is -4.46. The molecule has 1 unspecified atom stereocenters. The maximum Gasteiger partial charge on any atom is 0.416 e. The molecule has 0 saturated heterocycles. The van der Waals surface area contributed by atoms with Crippen molar-refractivity contribution in [3.05, 3.63) is 107 Å². The lowest BCUT2D eigenvalue weighted by Gasteiger charge is -2.17. The Bertz CT molecular complexity index is 1290. The Kier molecular flexibility index (Phi) is 7.25. The maximum absolute atomic E-state index is 12.8. The van der Waals surface area contributed by atoms with Gasteiger partial charge in [0.1, 0.15) is 0 Å². The number of hydrogen-bond acceptors (Lipinski definition) is 4. The van der Waals surface area contributed by atoms with E-state index in [-0.39, 0.29) is 5.56 Å². The SMILES string of the molecule is Cc1ccc(-n2c(SCc3ccccc3)nnc2C(C)NC(=O)c2ccc(C(F)(F)F)cc2)cc1. The van der Waals surface area contributed by atoms with Gasteiger partial charge in [0, 0.05) is 17.0 Å². The molecule has 5 nitrogen and oxygen atoms in total. The quantitative estimate of drug-likeness (QED) is 0.302. The molecule has 1 aromatic heterocycles. The van der Waals surface area contributed by atoms with Crippen molar-refractivity contribution >= 4 is 17.7 Å². The normalized spacial score (nSPS) is 12.4. The summed E-state index contributed by atoms with van der Waals surface area (Å²) in [4.78, 5) is 12.7. The van der Waals surface area contributed by atoms with Crippen LogP contribution in [0.1, 0.15) is 45.8 Å². The molecule has 0 fully saturated rings. The van der Waals surface area contributed by atoms with E-state index in [1.54, 1.807) is 6.92 Å². The molecule has 0 aliphatic heterocycles. The summed E-state index contributed by atoms with van der Waals surface area (Å²) in [6, 6.07) is 21.4. The second kappa shape index (κ2) is 10.4. The van der Waals surface area contributed by atoms with E-state index in [4.69, 9.17) is 0 Å². The first-order valence-corrected chi connectivity index (χ1v) is 11.9. The Morgan fingerprint density at radius 2 is 1.63 bits per heavy atom. The zero-order valence-electron chi connectivity index (χ0n) is 19.1. The topological polar surface area (TPSA) is 59.8 Å². The molecular weight excluding hydrogens is 473 g/mol. The number of amides is 1. The van der Waals surface area contributed by atoms with Crippen molar-refractivity contribution in [2.45, 2.75) is 37.0 Å².